The van der Waals surface area contributed by atoms with Crippen LogP contribution in [0, 0.1) is 13.8 Å². The van der Waals surface area contributed by atoms with Crippen LogP contribution in [0.5, 0.6) is 5.75 Å². The zero-order valence-electron chi connectivity index (χ0n) is 21.9. The summed E-state index contributed by atoms with van der Waals surface area (Å²) in [5.41, 5.74) is 4.27. The van der Waals surface area contributed by atoms with Crippen molar-refractivity contribution >= 4 is 29.1 Å². The molecule has 0 aliphatic carbocycles. The highest BCUT2D eigenvalue weighted by Crippen LogP contribution is 2.36. The summed E-state index contributed by atoms with van der Waals surface area (Å²) in [6, 6.07) is 13.6. The van der Waals surface area contributed by atoms with E-state index in [1.54, 1.807) is 48.8 Å². The van der Waals surface area contributed by atoms with Crippen molar-refractivity contribution in [2.45, 2.75) is 27.2 Å². The monoisotopic (exact) mass is 524 g/mol. The van der Waals surface area contributed by atoms with E-state index in [-0.39, 0.29) is 11.4 Å². The second kappa shape index (κ2) is 10.8. The zero-order valence-corrected chi connectivity index (χ0v) is 21.9. The lowest BCUT2D eigenvalue weighted by molar-refractivity contribution is 0.0986. The standard InChI is InChI=1S/C29H28N6O4/c1-4-34-26-22(29(37)33-25-18(2)10-12-30-27(25)34)16-20(17-31-26)11-14-39-23-9-8-21(15-19(23)3)28(36)32-24-7-5-6-13-35(24)38/h5-10,12-13,15-17,38H,4,11,14H2,1-3H3,(H,33,37). The van der Waals surface area contributed by atoms with E-state index in [4.69, 9.17) is 4.74 Å². The molecular weight excluding hydrogens is 496 g/mol. The highest BCUT2D eigenvalue weighted by atomic mass is 16.5. The average molecular weight is 525 g/mol. The maximum absolute atomic E-state index is 13.1. The number of pyridine rings is 3. The van der Waals surface area contributed by atoms with Crippen molar-refractivity contribution in [1.29, 1.82) is 0 Å². The van der Waals surface area contributed by atoms with Crippen molar-refractivity contribution < 1.29 is 19.5 Å². The van der Waals surface area contributed by atoms with Gasteiger partial charge in [-0.05, 0) is 79.9 Å². The Kier molecular flexibility index (Phi) is 7.09. The van der Waals surface area contributed by atoms with Crippen molar-refractivity contribution in [2.24, 2.45) is 4.99 Å². The predicted molar refractivity (Wildman–Crippen MR) is 146 cm³/mol. The normalized spacial score (nSPS) is 12.8. The molecule has 0 spiro atoms. The zero-order chi connectivity index (χ0) is 27.5. The van der Waals surface area contributed by atoms with E-state index in [0.29, 0.717) is 53.8 Å². The molecule has 4 aromatic rings. The number of carbonyl (C=O) groups is 2. The van der Waals surface area contributed by atoms with Crippen LogP contribution in [0.1, 0.15) is 44.3 Å². The summed E-state index contributed by atoms with van der Waals surface area (Å²) in [4.78, 5) is 40.7. The van der Waals surface area contributed by atoms with Crippen LogP contribution in [-0.2, 0) is 6.42 Å². The van der Waals surface area contributed by atoms with Crippen LogP contribution in [0.25, 0.3) is 0 Å². The van der Waals surface area contributed by atoms with Crippen molar-refractivity contribution in [3.8, 4) is 5.75 Å². The summed E-state index contributed by atoms with van der Waals surface area (Å²) in [6.45, 7) is 6.75. The Bertz CT molecular complexity index is 1650. The lowest BCUT2D eigenvalue weighted by Gasteiger charge is -2.22. The van der Waals surface area contributed by atoms with Gasteiger partial charge in [0.25, 0.3) is 11.8 Å². The molecule has 0 saturated heterocycles. The number of nitrogens with zero attached hydrogens (tertiary/aromatic N) is 5. The lowest BCUT2D eigenvalue weighted by Crippen LogP contribution is -2.20. The van der Waals surface area contributed by atoms with E-state index < -0.39 is 5.91 Å². The second-order valence-electron chi connectivity index (χ2n) is 9.14. The van der Waals surface area contributed by atoms with Crippen molar-refractivity contribution in [1.82, 2.24) is 14.7 Å². The summed E-state index contributed by atoms with van der Waals surface area (Å²) in [5.74, 6) is 1.19. The van der Waals surface area contributed by atoms with E-state index in [0.717, 1.165) is 21.4 Å². The summed E-state index contributed by atoms with van der Waals surface area (Å²) in [7, 11) is 0. The molecule has 2 N–H and O–H groups in total. The third-order valence-corrected chi connectivity index (χ3v) is 6.48. The molecule has 0 unspecified atom stereocenters. The Hall–Kier alpha value is -4.99. The molecule has 39 heavy (non-hydrogen) atoms. The van der Waals surface area contributed by atoms with Gasteiger partial charge < -0.3 is 20.2 Å². The van der Waals surface area contributed by atoms with Gasteiger partial charge in [-0.15, -0.1) is 0 Å². The largest absolute Gasteiger partial charge is 0.493 e. The smallest absolute Gasteiger partial charge is 0.279 e. The number of aromatic nitrogens is 3. The highest BCUT2D eigenvalue weighted by Gasteiger charge is 2.27. The fourth-order valence-corrected chi connectivity index (χ4v) is 4.41. The topological polar surface area (TPSA) is 122 Å². The first-order chi connectivity index (χ1) is 18.9. The van der Waals surface area contributed by atoms with Gasteiger partial charge in [0, 0.05) is 37.1 Å². The Morgan fingerprint density at radius 1 is 1.08 bits per heavy atom. The molecule has 1 aliphatic heterocycles. The number of ether oxygens (including phenoxy) is 1. The number of rotatable bonds is 6. The van der Waals surface area contributed by atoms with Crippen molar-refractivity contribution in [3.63, 3.8) is 0 Å². The van der Waals surface area contributed by atoms with Gasteiger partial charge in [0.15, 0.2) is 11.3 Å². The molecule has 5 rings (SSSR count). The van der Waals surface area contributed by atoms with Crippen LogP contribution in [0.4, 0.5) is 17.3 Å². The Morgan fingerprint density at radius 2 is 1.92 bits per heavy atom. The van der Waals surface area contributed by atoms with E-state index in [1.807, 2.05) is 37.8 Å². The third-order valence-electron chi connectivity index (χ3n) is 6.48. The average Bonchev–Trinajstić information content (AvgIpc) is 3.05. The van der Waals surface area contributed by atoms with Crippen molar-refractivity contribution in [2.75, 3.05) is 23.4 Å². The molecule has 2 amide bonds. The molecular formula is C29H28N6O4. The van der Waals surface area contributed by atoms with Crippen LogP contribution in [-0.4, -0.2) is 44.9 Å². The molecule has 0 radical (unpaired) electrons. The maximum atomic E-state index is 13.1. The molecule has 3 aromatic heterocycles. The molecule has 10 nitrogen and oxygen atoms in total. The number of hydrogen-bond acceptors (Lipinski definition) is 7. The third kappa shape index (κ3) is 5.22. The number of fused-ring (bicyclic) bond motifs is 2. The SMILES string of the molecule is CCN1c2ncc(CCOc3ccc(C(=O)N=c4ccccn4O)cc3C)cc2C(=O)Nc2c(C)ccnc21. The summed E-state index contributed by atoms with van der Waals surface area (Å²) < 4.78 is 6.77. The van der Waals surface area contributed by atoms with Crippen LogP contribution in [0.15, 0.2) is 72.1 Å². The Balaban J connectivity index is 1.29. The minimum absolute atomic E-state index is 0.140. The van der Waals surface area contributed by atoms with Gasteiger partial charge in [-0.3, -0.25) is 9.59 Å². The number of benzene rings is 1. The van der Waals surface area contributed by atoms with E-state index in [9.17, 15) is 14.8 Å². The molecule has 10 heteroatoms. The van der Waals surface area contributed by atoms with Gasteiger partial charge >= 0.3 is 0 Å². The summed E-state index contributed by atoms with van der Waals surface area (Å²) in [6.07, 6.45) is 5.42. The minimum atomic E-state index is -0.471. The predicted octanol–water partition coefficient (Wildman–Crippen LogP) is 4.22. The van der Waals surface area contributed by atoms with Gasteiger partial charge in [-0.2, -0.15) is 9.72 Å². The lowest BCUT2D eigenvalue weighted by atomic mass is 10.1. The number of hydrogen-bond donors (Lipinski definition) is 2. The fourth-order valence-electron chi connectivity index (χ4n) is 4.41. The van der Waals surface area contributed by atoms with Crippen molar-refractivity contribution in [3.05, 3.63) is 100 Å². The number of amides is 2. The summed E-state index contributed by atoms with van der Waals surface area (Å²) >= 11 is 0. The Morgan fingerprint density at radius 3 is 2.69 bits per heavy atom. The first kappa shape index (κ1) is 25.7. The second-order valence-corrected chi connectivity index (χ2v) is 9.14. The minimum Gasteiger partial charge on any atom is -0.493 e. The molecule has 0 fully saturated rings. The number of aryl methyl sites for hydroxylation is 2. The molecule has 4 heterocycles. The first-order valence-corrected chi connectivity index (χ1v) is 12.6. The van der Waals surface area contributed by atoms with E-state index in [2.05, 4.69) is 20.3 Å². The number of nitrogens with one attached hydrogen (secondary N) is 1. The number of anilines is 3. The summed E-state index contributed by atoms with van der Waals surface area (Å²) in [5, 5.41) is 12.8. The van der Waals surface area contributed by atoms with Crippen LogP contribution in [0.2, 0.25) is 0 Å². The van der Waals surface area contributed by atoms with E-state index >= 15 is 0 Å². The highest BCUT2D eigenvalue weighted by molar-refractivity contribution is 6.11. The molecule has 1 aromatic carbocycles. The van der Waals surface area contributed by atoms with Gasteiger partial charge in [0.2, 0.25) is 0 Å². The van der Waals surface area contributed by atoms with Crippen LogP contribution < -0.4 is 20.4 Å². The quantitative estimate of drug-likeness (QED) is 0.362. The van der Waals surface area contributed by atoms with Gasteiger partial charge in [0.1, 0.15) is 11.6 Å². The number of carbonyl (C=O) groups excluding carboxylic acids is 2. The maximum Gasteiger partial charge on any atom is 0.279 e. The first-order valence-electron chi connectivity index (χ1n) is 12.6. The van der Waals surface area contributed by atoms with Gasteiger partial charge in [-0.25, -0.2) is 9.97 Å². The molecule has 0 atom stereocenters. The Labute approximate surface area is 225 Å². The molecule has 0 bridgehead atoms. The molecule has 0 saturated carbocycles. The van der Waals surface area contributed by atoms with E-state index in [1.165, 1.54) is 6.20 Å². The van der Waals surface area contributed by atoms with Gasteiger partial charge in [-0.1, -0.05) is 6.07 Å². The van der Waals surface area contributed by atoms with Gasteiger partial charge in [0.05, 0.1) is 17.9 Å². The van der Waals surface area contributed by atoms with Crippen LogP contribution >= 0.6 is 0 Å². The molecule has 198 valence electrons. The fraction of sp³-hybridized carbons (Fsp3) is 0.207. The van der Waals surface area contributed by atoms with Crippen LogP contribution in [0.3, 0.4) is 0 Å². The molecule has 1 aliphatic rings.